The maximum Gasteiger partial charge on any atom is 0.338 e. The van der Waals surface area contributed by atoms with Crippen LogP contribution in [0.25, 0.3) is 0 Å². The van der Waals surface area contributed by atoms with Crippen LogP contribution in [0.15, 0.2) is 18.2 Å². The van der Waals surface area contributed by atoms with Gasteiger partial charge in [-0.1, -0.05) is 6.07 Å². The van der Waals surface area contributed by atoms with E-state index < -0.39 is 0 Å². The van der Waals surface area contributed by atoms with E-state index in [1.54, 1.807) is 25.3 Å². The zero-order valence-electron chi connectivity index (χ0n) is 10.0. The predicted octanol–water partition coefficient (Wildman–Crippen LogP) is 2.53. The maximum atomic E-state index is 11.5. The third kappa shape index (κ3) is 3.71. The van der Waals surface area contributed by atoms with E-state index in [0.717, 1.165) is 5.56 Å². The molecule has 0 amide bonds. The van der Waals surface area contributed by atoms with Gasteiger partial charge in [-0.15, -0.1) is 0 Å². The molecule has 1 aromatic rings. The molecule has 0 N–H and O–H groups in total. The van der Waals surface area contributed by atoms with Crippen molar-refractivity contribution >= 4 is 21.9 Å². The summed E-state index contributed by atoms with van der Waals surface area (Å²) in [4.78, 5) is 11.5. The maximum absolute atomic E-state index is 11.5. The summed E-state index contributed by atoms with van der Waals surface area (Å²) in [6.45, 7) is 2.23. The highest BCUT2D eigenvalue weighted by atomic mass is 79.9. The molecule has 0 saturated carbocycles. The topological polar surface area (TPSA) is 44.8 Å². The average molecular weight is 303 g/mol. The van der Waals surface area contributed by atoms with E-state index in [4.69, 9.17) is 14.2 Å². The van der Waals surface area contributed by atoms with Gasteiger partial charge in [0.2, 0.25) is 0 Å². The van der Waals surface area contributed by atoms with Crippen LogP contribution in [0.5, 0.6) is 5.75 Å². The molecule has 1 aromatic carbocycles. The fraction of sp³-hybridized carbons (Fsp3) is 0.417. The number of halogens is 1. The highest BCUT2D eigenvalue weighted by Gasteiger charge is 2.14. The second-order valence-corrected chi connectivity index (χ2v) is 4.42. The lowest BCUT2D eigenvalue weighted by Crippen LogP contribution is -2.16. The molecule has 4 nitrogen and oxygen atoms in total. The Labute approximate surface area is 109 Å². The fourth-order valence-corrected chi connectivity index (χ4v) is 1.84. The number of methoxy groups -OCH3 is 2. The SMILES string of the molecule is COCC(Br)Oc1cccc(C(=O)OC)c1C. The Kier molecular flexibility index (Phi) is 5.44. The van der Waals surface area contributed by atoms with Crippen molar-refractivity contribution in [3.8, 4) is 5.75 Å². The fourth-order valence-electron chi connectivity index (χ4n) is 1.38. The molecule has 0 radical (unpaired) electrons. The summed E-state index contributed by atoms with van der Waals surface area (Å²) in [7, 11) is 2.95. The van der Waals surface area contributed by atoms with E-state index in [1.165, 1.54) is 7.11 Å². The molecular weight excluding hydrogens is 288 g/mol. The summed E-state index contributed by atoms with van der Waals surface area (Å²) in [6.07, 6.45) is 0. The third-order valence-corrected chi connectivity index (χ3v) is 2.69. The number of carbonyl (C=O) groups is 1. The minimum atomic E-state index is -0.370. The molecule has 0 aromatic heterocycles. The van der Waals surface area contributed by atoms with Gasteiger partial charge in [0.05, 0.1) is 19.3 Å². The first-order valence-corrected chi connectivity index (χ1v) is 5.99. The van der Waals surface area contributed by atoms with Gasteiger partial charge in [-0.25, -0.2) is 4.79 Å². The quantitative estimate of drug-likeness (QED) is 0.619. The summed E-state index contributed by atoms with van der Waals surface area (Å²) >= 11 is 3.32. The van der Waals surface area contributed by atoms with Crippen molar-refractivity contribution in [2.24, 2.45) is 0 Å². The molecule has 1 rings (SSSR count). The Hall–Kier alpha value is -1.07. The number of rotatable bonds is 5. The molecule has 17 heavy (non-hydrogen) atoms. The first-order chi connectivity index (χ1) is 8.10. The second kappa shape index (κ2) is 6.61. The summed E-state index contributed by atoms with van der Waals surface area (Å²) in [5, 5.41) is -0.251. The van der Waals surface area contributed by atoms with E-state index in [9.17, 15) is 4.79 Å². The van der Waals surface area contributed by atoms with Crippen LogP contribution in [0.2, 0.25) is 0 Å². The molecular formula is C12H15BrO4. The summed E-state index contributed by atoms with van der Waals surface area (Å²) in [5.41, 5.74) is 1.25. The van der Waals surface area contributed by atoms with Crippen LogP contribution in [-0.2, 0) is 9.47 Å². The summed E-state index contributed by atoms with van der Waals surface area (Å²) in [5.74, 6) is 0.262. The highest BCUT2D eigenvalue weighted by Crippen LogP contribution is 2.24. The molecule has 0 saturated heterocycles. The number of ether oxygens (including phenoxy) is 3. The molecule has 0 bridgehead atoms. The van der Waals surface area contributed by atoms with Crippen LogP contribution in [0.1, 0.15) is 15.9 Å². The summed E-state index contributed by atoms with van der Waals surface area (Å²) < 4.78 is 15.2. The van der Waals surface area contributed by atoms with Crippen molar-refractivity contribution in [3.05, 3.63) is 29.3 Å². The highest BCUT2D eigenvalue weighted by molar-refractivity contribution is 9.09. The zero-order chi connectivity index (χ0) is 12.8. The first kappa shape index (κ1) is 14.0. The second-order valence-electron chi connectivity index (χ2n) is 3.40. The Morgan fingerprint density at radius 3 is 2.71 bits per heavy atom. The van der Waals surface area contributed by atoms with Gasteiger partial charge in [0, 0.05) is 12.7 Å². The lowest BCUT2D eigenvalue weighted by atomic mass is 10.1. The van der Waals surface area contributed by atoms with Crippen molar-refractivity contribution in [1.29, 1.82) is 0 Å². The van der Waals surface area contributed by atoms with Gasteiger partial charge in [-0.2, -0.15) is 0 Å². The molecule has 0 spiro atoms. The van der Waals surface area contributed by atoms with E-state index in [0.29, 0.717) is 17.9 Å². The van der Waals surface area contributed by atoms with Gasteiger partial charge in [0.15, 0.2) is 5.01 Å². The number of carbonyl (C=O) groups excluding carboxylic acids is 1. The molecule has 94 valence electrons. The Morgan fingerprint density at radius 1 is 1.41 bits per heavy atom. The van der Waals surface area contributed by atoms with Gasteiger partial charge < -0.3 is 14.2 Å². The van der Waals surface area contributed by atoms with Gasteiger partial charge in [-0.3, -0.25) is 0 Å². The first-order valence-electron chi connectivity index (χ1n) is 5.07. The van der Waals surface area contributed by atoms with Crippen LogP contribution < -0.4 is 4.74 Å². The molecule has 0 fully saturated rings. The lowest BCUT2D eigenvalue weighted by molar-refractivity contribution is 0.0599. The minimum Gasteiger partial charge on any atom is -0.477 e. The van der Waals surface area contributed by atoms with Crippen LogP contribution in [0.4, 0.5) is 0 Å². The van der Waals surface area contributed by atoms with E-state index >= 15 is 0 Å². The van der Waals surface area contributed by atoms with Crippen LogP contribution in [-0.4, -0.2) is 31.8 Å². The van der Waals surface area contributed by atoms with Gasteiger partial charge in [0.25, 0.3) is 0 Å². The number of esters is 1. The molecule has 0 aliphatic carbocycles. The smallest absolute Gasteiger partial charge is 0.338 e. The number of hydrogen-bond acceptors (Lipinski definition) is 4. The molecule has 0 heterocycles. The Bertz CT molecular complexity index is 392. The van der Waals surface area contributed by atoms with Crippen molar-refractivity contribution in [3.63, 3.8) is 0 Å². The van der Waals surface area contributed by atoms with Crippen LogP contribution in [0.3, 0.4) is 0 Å². The monoisotopic (exact) mass is 302 g/mol. The average Bonchev–Trinajstić information content (AvgIpc) is 2.31. The normalized spacial score (nSPS) is 12.0. The number of alkyl halides is 1. The third-order valence-electron chi connectivity index (χ3n) is 2.24. The van der Waals surface area contributed by atoms with E-state index in [-0.39, 0.29) is 11.0 Å². The molecule has 0 aliphatic rings. The van der Waals surface area contributed by atoms with Gasteiger partial charge >= 0.3 is 5.97 Å². The zero-order valence-corrected chi connectivity index (χ0v) is 11.6. The van der Waals surface area contributed by atoms with Crippen molar-refractivity contribution in [2.45, 2.75) is 11.9 Å². The summed E-state index contributed by atoms with van der Waals surface area (Å²) in [6, 6.07) is 5.25. The van der Waals surface area contributed by atoms with Crippen LogP contribution in [0, 0.1) is 6.92 Å². The largest absolute Gasteiger partial charge is 0.477 e. The lowest BCUT2D eigenvalue weighted by Gasteiger charge is -2.15. The molecule has 0 aliphatic heterocycles. The molecule has 5 heteroatoms. The standard InChI is InChI=1S/C12H15BrO4/c1-8-9(12(14)16-3)5-4-6-10(8)17-11(13)7-15-2/h4-6,11H,7H2,1-3H3. The molecule has 1 atom stereocenters. The van der Waals surface area contributed by atoms with Crippen molar-refractivity contribution in [2.75, 3.05) is 20.8 Å². The number of benzene rings is 1. The van der Waals surface area contributed by atoms with Gasteiger partial charge in [0.1, 0.15) is 5.75 Å². The van der Waals surface area contributed by atoms with Gasteiger partial charge in [-0.05, 0) is 35.0 Å². The minimum absolute atomic E-state index is 0.251. The van der Waals surface area contributed by atoms with Crippen LogP contribution >= 0.6 is 15.9 Å². The molecule has 1 unspecified atom stereocenters. The Balaban J connectivity index is 2.90. The van der Waals surface area contributed by atoms with Crippen molar-refractivity contribution in [1.82, 2.24) is 0 Å². The predicted molar refractivity (Wildman–Crippen MR) is 67.7 cm³/mol. The Morgan fingerprint density at radius 2 is 2.12 bits per heavy atom. The van der Waals surface area contributed by atoms with E-state index in [2.05, 4.69) is 15.9 Å². The number of hydrogen-bond donors (Lipinski definition) is 0. The van der Waals surface area contributed by atoms with Crippen molar-refractivity contribution < 1.29 is 19.0 Å². The van der Waals surface area contributed by atoms with E-state index in [1.807, 2.05) is 6.92 Å².